The van der Waals surface area contributed by atoms with Crippen LogP contribution in [-0.2, 0) is 4.79 Å². The molecule has 0 atom stereocenters. The summed E-state index contributed by atoms with van der Waals surface area (Å²) in [6.45, 7) is 6.89. The van der Waals surface area contributed by atoms with Crippen LogP contribution >= 0.6 is 0 Å². The topological polar surface area (TPSA) is 81.8 Å². The summed E-state index contributed by atoms with van der Waals surface area (Å²) in [5, 5.41) is 5.91. The van der Waals surface area contributed by atoms with Crippen molar-refractivity contribution in [1.29, 1.82) is 0 Å². The van der Waals surface area contributed by atoms with Crippen molar-refractivity contribution < 1.29 is 14.4 Å². The van der Waals surface area contributed by atoms with Gasteiger partial charge in [0.15, 0.2) is 0 Å². The third kappa shape index (κ3) is 6.81. The summed E-state index contributed by atoms with van der Waals surface area (Å²) in [7, 11) is 0. The molecule has 176 valence electrons. The van der Waals surface area contributed by atoms with E-state index in [4.69, 9.17) is 0 Å². The van der Waals surface area contributed by atoms with Gasteiger partial charge in [-0.05, 0) is 69.2 Å². The highest BCUT2D eigenvalue weighted by Gasteiger charge is 2.17. The van der Waals surface area contributed by atoms with Crippen LogP contribution in [0.25, 0.3) is 0 Å². The molecule has 2 aromatic rings. The van der Waals surface area contributed by atoms with Gasteiger partial charge in [0, 0.05) is 48.7 Å². The number of nitrogens with one attached hydrogen (secondary N) is 2. The maximum Gasteiger partial charge on any atom is 0.253 e. The number of carbonyl (C=O) groups excluding carboxylic acids is 3. The maximum atomic E-state index is 12.7. The Hall–Kier alpha value is -3.35. The van der Waals surface area contributed by atoms with Crippen LogP contribution in [0.3, 0.4) is 0 Å². The minimum atomic E-state index is -0.206. The van der Waals surface area contributed by atoms with Gasteiger partial charge in [-0.3, -0.25) is 14.4 Å². The molecule has 0 radical (unpaired) electrons. The molecule has 7 nitrogen and oxygen atoms in total. The molecule has 1 saturated heterocycles. The monoisotopic (exact) mass is 450 g/mol. The number of rotatable bonds is 8. The average Bonchev–Trinajstić information content (AvgIpc) is 3.13. The standard InChI is InChI=1S/C26H34N4O3/c1-3-29(4-2)26(33)21-10-9-11-23(18-21)27-19-24(31)28-22-14-12-20(13-15-22)25(32)30-16-7-5-6-8-17-30/h9-15,18,27H,3-8,16-17,19H2,1-2H3,(H,28,31). The average molecular weight is 451 g/mol. The van der Waals surface area contributed by atoms with Gasteiger partial charge in [-0.2, -0.15) is 0 Å². The van der Waals surface area contributed by atoms with Crippen LogP contribution in [0, 0.1) is 0 Å². The van der Waals surface area contributed by atoms with E-state index in [1.807, 2.05) is 24.8 Å². The molecule has 33 heavy (non-hydrogen) atoms. The first-order valence-corrected chi connectivity index (χ1v) is 11.8. The first-order chi connectivity index (χ1) is 16.0. The van der Waals surface area contributed by atoms with Crippen LogP contribution in [0.2, 0.25) is 0 Å². The largest absolute Gasteiger partial charge is 0.376 e. The van der Waals surface area contributed by atoms with Crippen molar-refractivity contribution in [3.8, 4) is 0 Å². The van der Waals surface area contributed by atoms with E-state index >= 15 is 0 Å². The Bertz CT molecular complexity index is 946. The summed E-state index contributed by atoms with van der Waals surface area (Å²) in [5.74, 6) is -0.180. The van der Waals surface area contributed by atoms with Crippen molar-refractivity contribution in [1.82, 2.24) is 9.80 Å². The van der Waals surface area contributed by atoms with Crippen molar-refractivity contribution >= 4 is 29.1 Å². The Labute approximate surface area is 196 Å². The van der Waals surface area contributed by atoms with Gasteiger partial charge < -0.3 is 20.4 Å². The lowest BCUT2D eigenvalue weighted by molar-refractivity contribution is -0.114. The molecule has 7 heteroatoms. The Morgan fingerprint density at radius 2 is 1.52 bits per heavy atom. The summed E-state index contributed by atoms with van der Waals surface area (Å²) >= 11 is 0. The van der Waals surface area contributed by atoms with E-state index in [0.29, 0.717) is 35.6 Å². The molecule has 1 aliphatic rings. The lowest BCUT2D eigenvalue weighted by Gasteiger charge is -2.20. The fourth-order valence-corrected chi connectivity index (χ4v) is 4.00. The van der Waals surface area contributed by atoms with Crippen molar-refractivity contribution in [3.63, 3.8) is 0 Å². The van der Waals surface area contributed by atoms with Crippen molar-refractivity contribution in [3.05, 3.63) is 59.7 Å². The van der Waals surface area contributed by atoms with Crippen molar-refractivity contribution in [2.24, 2.45) is 0 Å². The fraction of sp³-hybridized carbons (Fsp3) is 0.423. The first kappa shape index (κ1) is 24.3. The number of benzene rings is 2. The minimum absolute atomic E-state index is 0.0251. The lowest BCUT2D eigenvalue weighted by Crippen LogP contribution is -2.31. The SMILES string of the molecule is CCN(CC)C(=O)c1cccc(NCC(=O)Nc2ccc(C(=O)N3CCCCCC3)cc2)c1. The number of amides is 3. The molecule has 0 spiro atoms. The molecule has 1 aliphatic heterocycles. The fourth-order valence-electron chi connectivity index (χ4n) is 4.00. The smallest absolute Gasteiger partial charge is 0.253 e. The Kier molecular flexibility index (Phi) is 8.87. The van der Waals surface area contributed by atoms with Gasteiger partial charge in [0.1, 0.15) is 0 Å². The van der Waals surface area contributed by atoms with Crippen LogP contribution < -0.4 is 10.6 Å². The molecule has 2 N–H and O–H groups in total. The summed E-state index contributed by atoms with van der Waals surface area (Å²) in [4.78, 5) is 41.3. The quantitative estimate of drug-likeness (QED) is 0.630. The highest BCUT2D eigenvalue weighted by atomic mass is 16.2. The third-order valence-corrected chi connectivity index (χ3v) is 5.92. The van der Waals surface area contributed by atoms with Gasteiger partial charge in [0.05, 0.1) is 6.54 Å². The van der Waals surface area contributed by atoms with Crippen molar-refractivity contribution in [2.75, 3.05) is 43.4 Å². The normalized spacial score (nSPS) is 13.7. The number of anilines is 2. The highest BCUT2D eigenvalue weighted by molar-refractivity contribution is 5.97. The van der Waals surface area contributed by atoms with Gasteiger partial charge in [0.2, 0.25) is 5.91 Å². The molecule has 0 aliphatic carbocycles. The number of carbonyl (C=O) groups is 3. The zero-order valence-corrected chi connectivity index (χ0v) is 19.6. The summed E-state index contributed by atoms with van der Waals surface area (Å²) < 4.78 is 0. The molecule has 0 unspecified atom stereocenters. The molecule has 1 fully saturated rings. The second-order valence-electron chi connectivity index (χ2n) is 8.24. The number of hydrogen-bond acceptors (Lipinski definition) is 4. The predicted molar refractivity (Wildman–Crippen MR) is 132 cm³/mol. The number of likely N-dealkylation sites (tertiary alicyclic amines) is 1. The Balaban J connectivity index is 1.52. The minimum Gasteiger partial charge on any atom is -0.376 e. The van der Waals surface area contributed by atoms with Crippen LogP contribution in [0.4, 0.5) is 11.4 Å². The van der Waals surface area contributed by atoms with Gasteiger partial charge in [-0.1, -0.05) is 18.9 Å². The van der Waals surface area contributed by atoms with Crippen molar-refractivity contribution in [2.45, 2.75) is 39.5 Å². The van der Waals surface area contributed by atoms with Crippen LogP contribution in [0.15, 0.2) is 48.5 Å². The van der Waals surface area contributed by atoms with Gasteiger partial charge in [-0.25, -0.2) is 0 Å². The molecular formula is C26H34N4O3. The van der Waals surface area contributed by atoms with E-state index in [1.54, 1.807) is 47.4 Å². The summed E-state index contributed by atoms with van der Waals surface area (Å²) in [5.41, 5.74) is 2.58. The van der Waals surface area contributed by atoms with Crippen LogP contribution in [-0.4, -0.2) is 60.2 Å². The van der Waals surface area contributed by atoms with Gasteiger partial charge >= 0.3 is 0 Å². The van der Waals surface area contributed by atoms with Crippen LogP contribution in [0.5, 0.6) is 0 Å². The van der Waals surface area contributed by atoms with Gasteiger partial charge in [0.25, 0.3) is 11.8 Å². The maximum absolute atomic E-state index is 12.7. The molecule has 3 amide bonds. The Morgan fingerprint density at radius 3 is 2.15 bits per heavy atom. The third-order valence-electron chi connectivity index (χ3n) is 5.92. The zero-order chi connectivity index (χ0) is 23.6. The van der Waals surface area contributed by atoms with Gasteiger partial charge in [-0.15, -0.1) is 0 Å². The van der Waals surface area contributed by atoms with E-state index < -0.39 is 0 Å². The second kappa shape index (κ2) is 12.0. The van der Waals surface area contributed by atoms with E-state index in [9.17, 15) is 14.4 Å². The second-order valence-corrected chi connectivity index (χ2v) is 8.24. The predicted octanol–water partition coefficient (Wildman–Crippen LogP) is 4.24. The highest BCUT2D eigenvalue weighted by Crippen LogP contribution is 2.16. The Morgan fingerprint density at radius 1 is 0.848 bits per heavy atom. The van der Waals surface area contributed by atoms with E-state index in [-0.39, 0.29) is 24.3 Å². The number of nitrogens with zero attached hydrogens (tertiary/aromatic N) is 2. The number of hydrogen-bond donors (Lipinski definition) is 2. The summed E-state index contributed by atoms with van der Waals surface area (Å²) in [6.07, 6.45) is 4.47. The lowest BCUT2D eigenvalue weighted by atomic mass is 10.1. The molecule has 3 rings (SSSR count). The molecule has 0 bridgehead atoms. The molecule has 0 saturated carbocycles. The molecule has 2 aromatic carbocycles. The van der Waals surface area contributed by atoms with E-state index in [2.05, 4.69) is 10.6 Å². The summed E-state index contributed by atoms with van der Waals surface area (Å²) in [6, 6.07) is 14.2. The van der Waals surface area contributed by atoms with E-state index in [1.165, 1.54) is 12.8 Å². The zero-order valence-electron chi connectivity index (χ0n) is 19.6. The molecular weight excluding hydrogens is 416 g/mol. The van der Waals surface area contributed by atoms with Crippen LogP contribution in [0.1, 0.15) is 60.2 Å². The van der Waals surface area contributed by atoms with E-state index in [0.717, 1.165) is 25.9 Å². The molecule has 0 aromatic heterocycles. The first-order valence-electron chi connectivity index (χ1n) is 11.8. The molecule has 1 heterocycles.